The molecule has 0 aromatic heterocycles. The number of halogens is 3. The quantitative estimate of drug-likeness (QED) is 0.737. The SMILES string of the molecule is C[C@@H](Oc1ccc(N2CCC3(CCC(O)(CN4CCCC4=O)CC3)C2=O)cc1)C(F)(F)F. The Hall–Kier alpha value is -2.29. The summed E-state index contributed by atoms with van der Waals surface area (Å²) < 4.78 is 43.0. The molecule has 2 heterocycles. The summed E-state index contributed by atoms with van der Waals surface area (Å²) in [5.74, 6) is 0.173. The number of ether oxygens (including phenoxy) is 1. The number of carbonyl (C=O) groups is 2. The minimum absolute atomic E-state index is 0.00544. The number of hydrogen-bond donors (Lipinski definition) is 1. The Bertz CT molecular complexity index is 863. The Kier molecular flexibility index (Phi) is 5.90. The number of amides is 2. The van der Waals surface area contributed by atoms with Crippen molar-refractivity contribution >= 4 is 17.5 Å². The first-order valence-electron chi connectivity index (χ1n) is 11.2. The topological polar surface area (TPSA) is 70.1 Å². The van der Waals surface area contributed by atoms with E-state index in [-0.39, 0.29) is 17.6 Å². The van der Waals surface area contributed by atoms with Crippen LogP contribution in [0.3, 0.4) is 0 Å². The fourth-order valence-corrected chi connectivity index (χ4v) is 5.08. The average molecular weight is 454 g/mol. The molecule has 2 saturated heterocycles. The van der Waals surface area contributed by atoms with Crippen molar-refractivity contribution in [3.8, 4) is 5.75 Å². The largest absolute Gasteiger partial charge is 0.481 e. The Morgan fingerprint density at radius 1 is 1.06 bits per heavy atom. The summed E-state index contributed by atoms with van der Waals surface area (Å²) in [7, 11) is 0. The molecule has 1 aromatic rings. The van der Waals surface area contributed by atoms with Gasteiger partial charge in [0, 0.05) is 31.7 Å². The number of rotatable bonds is 5. The zero-order chi connectivity index (χ0) is 23.1. The number of benzene rings is 1. The lowest BCUT2D eigenvalue weighted by molar-refractivity contribution is -0.189. The molecule has 176 valence electrons. The van der Waals surface area contributed by atoms with Gasteiger partial charge in [-0.05, 0) is 69.7 Å². The van der Waals surface area contributed by atoms with E-state index in [1.807, 2.05) is 0 Å². The molecule has 1 atom stereocenters. The van der Waals surface area contributed by atoms with Crippen LogP contribution in [0.4, 0.5) is 18.9 Å². The van der Waals surface area contributed by atoms with Crippen molar-refractivity contribution < 1.29 is 32.6 Å². The summed E-state index contributed by atoms with van der Waals surface area (Å²) >= 11 is 0. The molecule has 0 unspecified atom stereocenters. The van der Waals surface area contributed by atoms with Crippen LogP contribution in [-0.2, 0) is 9.59 Å². The molecular weight excluding hydrogens is 425 g/mol. The lowest BCUT2D eigenvalue weighted by Gasteiger charge is -2.42. The summed E-state index contributed by atoms with van der Waals surface area (Å²) in [5.41, 5.74) is -0.851. The lowest BCUT2D eigenvalue weighted by atomic mass is 9.67. The molecule has 3 fully saturated rings. The third kappa shape index (κ3) is 4.44. The van der Waals surface area contributed by atoms with E-state index in [9.17, 15) is 27.9 Å². The van der Waals surface area contributed by atoms with E-state index in [0.29, 0.717) is 63.8 Å². The van der Waals surface area contributed by atoms with Gasteiger partial charge in [0.25, 0.3) is 0 Å². The summed E-state index contributed by atoms with van der Waals surface area (Å²) in [6.45, 7) is 2.49. The molecule has 1 aromatic carbocycles. The van der Waals surface area contributed by atoms with Crippen LogP contribution >= 0.6 is 0 Å². The molecule has 0 radical (unpaired) electrons. The summed E-state index contributed by atoms with van der Waals surface area (Å²) in [5, 5.41) is 11.0. The van der Waals surface area contributed by atoms with Gasteiger partial charge in [-0.3, -0.25) is 9.59 Å². The van der Waals surface area contributed by atoms with Gasteiger partial charge in [-0.2, -0.15) is 13.2 Å². The molecule has 3 aliphatic rings. The lowest BCUT2D eigenvalue weighted by Crippen LogP contribution is -2.49. The van der Waals surface area contributed by atoms with Gasteiger partial charge < -0.3 is 19.6 Å². The predicted molar refractivity (Wildman–Crippen MR) is 111 cm³/mol. The number of carbonyl (C=O) groups excluding carboxylic acids is 2. The second kappa shape index (κ2) is 8.24. The van der Waals surface area contributed by atoms with Gasteiger partial charge >= 0.3 is 6.18 Å². The van der Waals surface area contributed by atoms with Crippen molar-refractivity contribution in [1.82, 2.24) is 4.90 Å². The molecule has 2 amide bonds. The van der Waals surface area contributed by atoms with Crippen LogP contribution in [0.25, 0.3) is 0 Å². The molecule has 1 spiro atoms. The monoisotopic (exact) mass is 454 g/mol. The molecule has 4 rings (SSSR count). The Balaban J connectivity index is 1.37. The summed E-state index contributed by atoms with van der Waals surface area (Å²) in [4.78, 5) is 28.6. The van der Waals surface area contributed by atoms with Crippen LogP contribution < -0.4 is 9.64 Å². The van der Waals surface area contributed by atoms with Crippen molar-refractivity contribution in [2.75, 3.05) is 24.5 Å². The molecule has 2 aliphatic heterocycles. The summed E-state index contributed by atoms with van der Waals surface area (Å²) in [6.07, 6.45) is -2.26. The fraction of sp³-hybridized carbons (Fsp3) is 0.652. The van der Waals surface area contributed by atoms with Crippen molar-refractivity contribution in [3.63, 3.8) is 0 Å². The highest BCUT2D eigenvalue weighted by molar-refractivity contribution is 6.00. The molecule has 6 nitrogen and oxygen atoms in total. The average Bonchev–Trinajstić information content (AvgIpc) is 3.28. The van der Waals surface area contributed by atoms with Crippen molar-refractivity contribution in [3.05, 3.63) is 24.3 Å². The number of hydrogen-bond acceptors (Lipinski definition) is 4. The van der Waals surface area contributed by atoms with Gasteiger partial charge in [0.05, 0.1) is 11.0 Å². The third-order valence-corrected chi connectivity index (χ3v) is 7.23. The van der Waals surface area contributed by atoms with Gasteiger partial charge in [-0.15, -0.1) is 0 Å². The smallest absolute Gasteiger partial charge is 0.425 e. The molecule has 32 heavy (non-hydrogen) atoms. The maximum atomic E-state index is 13.3. The number of nitrogens with zero attached hydrogens (tertiary/aromatic N) is 2. The van der Waals surface area contributed by atoms with Crippen LogP contribution in [0.1, 0.15) is 51.9 Å². The van der Waals surface area contributed by atoms with Crippen LogP contribution in [0.15, 0.2) is 24.3 Å². The van der Waals surface area contributed by atoms with Crippen LogP contribution in [0, 0.1) is 5.41 Å². The molecule has 9 heteroatoms. The number of aliphatic hydroxyl groups is 1. The minimum atomic E-state index is -4.44. The van der Waals surface area contributed by atoms with Crippen molar-refractivity contribution in [2.24, 2.45) is 5.41 Å². The zero-order valence-corrected chi connectivity index (χ0v) is 18.2. The van der Waals surface area contributed by atoms with E-state index in [0.717, 1.165) is 13.3 Å². The minimum Gasteiger partial charge on any atom is -0.481 e. The van der Waals surface area contributed by atoms with Gasteiger partial charge in [0.1, 0.15) is 5.75 Å². The highest BCUT2D eigenvalue weighted by Gasteiger charge is 2.52. The zero-order valence-electron chi connectivity index (χ0n) is 18.2. The first-order valence-corrected chi connectivity index (χ1v) is 11.2. The van der Waals surface area contributed by atoms with E-state index in [4.69, 9.17) is 4.74 Å². The van der Waals surface area contributed by atoms with Crippen molar-refractivity contribution in [1.29, 1.82) is 0 Å². The van der Waals surface area contributed by atoms with E-state index in [2.05, 4.69) is 0 Å². The molecule has 1 aliphatic carbocycles. The second-order valence-corrected chi connectivity index (χ2v) is 9.43. The molecule has 1 N–H and O–H groups in total. The van der Waals surface area contributed by atoms with Crippen LogP contribution in [0.5, 0.6) is 5.75 Å². The summed E-state index contributed by atoms with van der Waals surface area (Å²) in [6, 6.07) is 6.10. The number of β-amino-alcohol motifs (C(OH)–C–C–N with tert-alkyl or cyclic N) is 1. The third-order valence-electron chi connectivity index (χ3n) is 7.23. The number of anilines is 1. The maximum Gasteiger partial charge on any atom is 0.425 e. The van der Waals surface area contributed by atoms with E-state index in [1.165, 1.54) is 12.1 Å². The van der Waals surface area contributed by atoms with Crippen LogP contribution in [-0.4, -0.2) is 59.3 Å². The second-order valence-electron chi connectivity index (χ2n) is 9.43. The van der Waals surface area contributed by atoms with E-state index < -0.39 is 23.3 Å². The Morgan fingerprint density at radius 2 is 1.72 bits per heavy atom. The fourth-order valence-electron chi connectivity index (χ4n) is 5.08. The Labute approximate surface area is 185 Å². The number of likely N-dealkylation sites (tertiary alicyclic amines) is 1. The van der Waals surface area contributed by atoms with E-state index >= 15 is 0 Å². The van der Waals surface area contributed by atoms with E-state index in [1.54, 1.807) is 21.9 Å². The molecule has 0 bridgehead atoms. The number of alkyl halides is 3. The van der Waals surface area contributed by atoms with Gasteiger partial charge in [-0.25, -0.2) is 0 Å². The van der Waals surface area contributed by atoms with Gasteiger partial charge in [0.2, 0.25) is 11.8 Å². The van der Waals surface area contributed by atoms with Gasteiger partial charge in [0.15, 0.2) is 6.10 Å². The normalized spacial score (nSPS) is 29.8. The molecule has 1 saturated carbocycles. The standard InChI is InChI=1S/C23H29F3N2O4/c1-16(23(24,25)26)32-18-6-4-17(5-7-18)28-14-12-21(20(28)30)8-10-22(31,11-9-21)15-27-13-2-3-19(27)29/h4-7,16,31H,2-3,8-15H2,1H3/t16-,21?,22?/m1/s1. The molecular formula is C23H29F3N2O4. The first-order chi connectivity index (χ1) is 15.0. The predicted octanol–water partition coefficient (Wildman–Crippen LogP) is 3.67. The first kappa shape index (κ1) is 22.9. The highest BCUT2D eigenvalue weighted by atomic mass is 19.4. The van der Waals surface area contributed by atoms with Crippen LogP contribution in [0.2, 0.25) is 0 Å². The maximum absolute atomic E-state index is 13.3. The Morgan fingerprint density at radius 3 is 2.28 bits per heavy atom. The van der Waals surface area contributed by atoms with Crippen molar-refractivity contribution in [2.45, 2.75) is 69.8 Å². The highest BCUT2D eigenvalue weighted by Crippen LogP contribution is 2.49. The van der Waals surface area contributed by atoms with Gasteiger partial charge in [-0.1, -0.05) is 0 Å².